The van der Waals surface area contributed by atoms with Gasteiger partial charge in [0.1, 0.15) is 30.0 Å². The van der Waals surface area contributed by atoms with Crippen LogP contribution in [-0.2, 0) is 11.4 Å². The predicted octanol–water partition coefficient (Wildman–Crippen LogP) is 7.29. The Morgan fingerprint density at radius 3 is 2.53 bits per heavy atom. The molecule has 0 aliphatic heterocycles. The Kier molecular flexibility index (Phi) is 7.80. The average Bonchev–Trinajstić information content (AvgIpc) is 3.39. The Labute approximate surface area is 217 Å². The molecule has 0 saturated heterocycles. The summed E-state index contributed by atoms with van der Waals surface area (Å²) in [6.07, 6.45) is 10.9. The fraction of sp³-hybridized carbons (Fsp3) is 0.517. The molecule has 1 heterocycles. The first-order valence-corrected chi connectivity index (χ1v) is 13.7. The van der Waals surface area contributed by atoms with Crippen LogP contribution in [0.3, 0.4) is 0 Å². The second-order valence-corrected chi connectivity index (χ2v) is 10.9. The third-order valence-electron chi connectivity index (χ3n) is 7.81. The maximum absolute atomic E-state index is 14.5. The number of carbonyl (C=O) groups is 1. The molecule has 3 aromatic rings. The van der Waals surface area contributed by atoms with Crippen LogP contribution in [-0.4, -0.2) is 21.5 Å². The van der Waals surface area contributed by atoms with Gasteiger partial charge in [0, 0.05) is 11.1 Å². The van der Waals surface area contributed by atoms with Crippen molar-refractivity contribution in [3.63, 3.8) is 0 Å². The summed E-state index contributed by atoms with van der Waals surface area (Å²) in [5.74, 6) is 1.22. The number of ether oxygens (including phenoxy) is 1. The number of aryl methyl sites for hydroxylation is 1. The molecule has 2 aromatic carbocycles. The SMILES string of the molecule is Cc1cc(Cl)ccc1OCc1nc2ccc(F)cc2n1C(C(=O)NC1CCCC1)C1CCCCCC1. The molecular formula is C29H35ClFN3O2. The fourth-order valence-corrected chi connectivity index (χ4v) is 6.20. The molecule has 36 heavy (non-hydrogen) atoms. The van der Waals surface area contributed by atoms with Crippen molar-refractivity contribution in [1.82, 2.24) is 14.9 Å². The standard InChI is InChI=1S/C29H35ClFN3O2/c1-19-16-21(30)12-15-26(19)36-18-27-33-24-14-13-22(31)17-25(24)34(27)28(20-8-4-2-3-5-9-20)29(35)32-23-10-6-7-11-23/h12-17,20,23,28H,2-11,18H2,1H3,(H,32,35). The van der Waals surface area contributed by atoms with Crippen LogP contribution in [0.25, 0.3) is 11.0 Å². The zero-order chi connectivity index (χ0) is 25.1. The lowest BCUT2D eigenvalue weighted by atomic mass is 9.90. The average molecular weight is 512 g/mol. The van der Waals surface area contributed by atoms with E-state index >= 15 is 0 Å². The van der Waals surface area contributed by atoms with Crippen LogP contribution in [0.2, 0.25) is 5.02 Å². The number of nitrogens with zero attached hydrogens (tertiary/aromatic N) is 2. The summed E-state index contributed by atoms with van der Waals surface area (Å²) >= 11 is 6.12. The first-order valence-electron chi connectivity index (χ1n) is 13.4. The van der Waals surface area contributed by atoms with Gasteiger partial charge in [-0.25, -0.2) is 9.37 Å². The van der Waals surface area contributed by atoms with E-state index in [1.165, 1.54) is 25.0 Å². The van der Waals surface area contributed by atoms with Gasteiger partial charge in [0.15, 0.2) is 0 Å². The van der Waals surface area contributed by atoms with Gasteiger partial charge in [-0.1, -0.05) is 50.1 Å². The van der Waals surface area contributed by atoms with E-state index in [0.717, 1.165) is 56.9 Å². The number of aromatic nitrogens is 2. The van der Waals surface area contributed by atoms with Crippen molar-refractivity contribution in [1.29, 1.82) is 0 Å². The molecule has 0 bridgehead atoms. The highest BCUT2D eigenvalue weighted by atomic mass is 35.5. The number of amides is 1. The maximum Gasteiger partial charge on any atom is 0.243 e. The Hall–Kier alpha value is -2.60. The van der Waals surface area contributed by atoms with Crippen molar-refractivity contribution in [2.45, 2.75) is 89.8 Å². The fourth-order valence-electron chi connectivity index (χ4n) is 5.97. The molecule has 1 aromatic heterocycles. The van der Waals surface area contributed by atoms with Crippen LogP contribution in [0.1, 0.15) is 81.6 Å². The number of fused-ring (bicyclic) bond motifs is 1. The van der Waals surface area contributed by atoms with E-state index in [2.05, 4.69) is 5.32 Å². The number of hydrogen-bond acceptors (Lipinski definition) is 3. The Balaban J connectivity index is 1.55. The summed E-state index contributed by atoms with van der Waals surface area (Å²) < 4.78 is 22.6. The van der Waals surface area contributed by atoms with Crippen LogP contribution in [0.5, 0.6) is 5.75 Å². The third kappa shape index (κ3) is 5.54. The molecule has 0 radical (unpaired) electrons. The number of nitrogens with one attached hydrogen (secondary N) is 1. The lowest BCUT2D eigenvalue weighted by molar-refractivity contribution is -0.126. The number of rotatable bonds is 7. The van der Waals surface area contributed by atoms with Gasteiger partial charge in [0.25, 0.3) is 0 Å². The highest BCUT2D eigenvalue weighted by molar-refractivity contribution is 6.30. The lowest BCUT2D eigenvalue weighted by Gasteiger charge is -2.30. The van der Waals surface area contributed by atoms with Gasteiger partial charge < -0.3 is 14.6 Å². The normalized spacial score (nSPS) is 18.3. The molecule has 5 rings (SSSR count). The van der Waals surface area contributed by atoms with Gasteiger partial charge in [0.2, 0.25) is 5.91 Å². The van der Waals surface area contributed by atoms with Crippen LogP contribution >= 0.6 is 11.6 Å². The first kappa shape index (κ1) is 25.1. The van der Waals surface area contributed by atoms with E-state index in [-0.39, 0.29) is 30.3 Å². The third-order valence-corrected chi connectivity index (χ3v) is 8.05. The van der Waals surface area contributed by atoms with E-state index in [1.54, 1.807) is 12.1 Å². The molecule has 2 fully saturated rings. The minimum absolute atomic E-state index is 0.0290. The van der Waals surface area contributed by atoms with Gasteiger partial charge in [0.05, 0.1) is 11.0 Å². The van der Waals surface area contributed by atoms with Crippen molar-refractivity contribution in [2.24, 2.45) is 5.92 Å². The molecule has 1 atom stereocenters. The predicted molar refractivity (Wildman–Crippen MR) is 141 cm³/mol. The number of carbonyl (C=O) groups excluding carboxylic acids is 1. The highest BCUT2D eigenvalue weighted by Crippen LogP contribution is 2.36. The Bertz CT molecular complexity index is 1210. The second-order valence-electron chi connectivity index (χ2n) is 10.4. The van der Waals surface area contributed by atoms with Gasteiger partial charge in [-0.15, -0.1) is 0 Å². The minimum Gasteiger partial charge on any atom is -0.485 e. The van der Waals surface area contributed by atoms with Crippen molar-refractivity contribution in [3.8, 4) is 5.75 Å². The van der Waals surface area contributed by atoms with Crippen LogP contribution in [0, 0.1) is 18.7 Å². The summed E-state index contributed by atoms with van der Waals surface area (Å²) in [7, 11) is 0. The van der Waals surface area contributed by atoms with Crippen LogP contribution < -0.4 is 10.1 Å². The molecule has 1 unspecified atom stereocenters. The quantitative estimate of drug-likeness (QED) is 0.339. The molecule has 7 heteroatoms. The van der Waals surface area contributed by atoms with E-state index in [4.69, 9.17) is 21.3 Å². The second kappa shape index (κ2) is 11.2. The molecule has 5 nitrogen and oxygen atoms in total. The Morgan fingerprint density at radius 2 is 1.81 bits per heavy atom. The summed E-state index contributed by atoms with van der Waals surface area (Å²) in [5.41, 5.74) is 2.25. The summed E-state index contributed by atoms with van der Waals surface area (Å²) in [4.78, 5) is 18.8. The number of halogens is 2. The zero-order valence-electron chi connectivity index (χ0n) is 20.9. The highest BCUT2D eigenvalue weighted by Gasteiger charge is 2.35. The molecule has 1 amide bonds. The van der Waals surface area contributed by atoms with Gasteiger partial charge >= 0.3 is 0 Å². The van der Waals surface area contributed by atoms with Crippen LogP contribution in [0.4, 0.5) is 4.39 Å². The zero-order valence-corrected chi connectivity index (χ0v) is 21.7. The topological polar surface area (TPSA) is 56.2 Å². The van der Waals surface area contributed by atoms with Gasteiger partial charge in [-0.05, 0) is 80.5 Å². The summed E-state index contributed by atoms with van der Waals surface area (Å²) in [5, 5.41) is 4.00. The molecule has 1 N–H and O–H groups in total. The maximum atomic E-state index is 14.5. The van der Waals surface area contributed by atoms with E-state index in [0.29, 0.717) is 27.6 Å². The summed E-state index contributed by atoms with van der Waals surface area (Å²) in [6.45, 7) is 2.13. The van der Waals surface area contributed by atoms with Gasteiger partial charge in [-0.3, -0.25) is 4.79 Å². The number of hydrogen-bond donors (Lipinski definition) is 1. The summed E-state index contributed by atoms with van der Waals surface area (Å²) in [6, 6.07) is 9.90. The molecule has 2 aliphatic rings. The Morgan fingerprint density at radius 1 is 1.08 bits per heavy atom. The minimum atomic E-state index is -0.444. The van der Waals surface area contributed by atoms with Crippen molar-refractivity contribution in [3.05, 3.63) is 58.6 Å². The number of imidazole rings is 1. The van der Waals surface area contributed by atoms with Crippen molar-refractivity contribution >= 4 is 28.5 Å². The van der Waals surface area contributed by atoms with Crippen molar-refractivity contribution < 1.29 is 13.9 Å². The smallest absolute Gasteiger partial charge is 0.243 e. The van der Waals surface area contributed by atoms with Crippen molar-refractivity contribution in [2.75, 3.05) is 0 Å². The van der Waals surface area contributed by atoms with E-state index in [1.807, 2.05) is 23.6 Å². The largest absolute Gasteiger partial charge is 0.485 e. The molecule has 192 valence electrons. The number of benzene rings is 2. The van der Waals surface area contributed by atoms with E-state index in [9.17, 15) is 9.18 Å². The van der Waals surface area contributed by atoms with Gasteiger partial charge in [-0.2, -0.15) is 0 Å². The molecule has 0 spiro atoms. The monoisotopic (exact) mass is 511 g/mol. The van der Waals surface area contributed by atoms with Crippen LogP contribution in [0.15, 0.2) is 36.4 Å². The molecular weight excluding hydrogens is 477 g/mol. The molecule has 2 aliphatic carbocycles. The first-order chi connectivity index (χ1) is 17.5. The van der Waals surface area contributed by atoms with E-state index < -0.39 is 6.04 Å². The molecule has 2 saturated carbocycles. The lowest BCUT2D eigenvalue weighted by Crippen LogP contribution is -2.42.